The minimum Gasteiger partial charge on any atom is -0.465 e. The fourth-order valence-electron chi connectivity index (χ4n) is 4.48. The topological polar surface area (TPSA) is 124 Å². The highest BCUT2D eigenvalue weighted by molar-refractivity contribution is 6.74. The van der Waals surface area contributed by atoms with Gasteiger partial charge in [-0.2, -0.15) is 0 Å². The minimum absolute atomic E-state index is 0.0928. The number of rotatable bonds is 19. The van der Waals surface area contributed by atoms with Gasteiger partial charge in [-0.05, 0) is 61.9 Å². The lowest BCUT2D eigenvalue weighted by atomic mass is 10.1. The third kappa shape index (κ3) is 12.5. The molecule has 0 radical (unpaired) electrons. The number of ether oxygens (including phenoxy) is 4. The molecule has 0 aromatic carbocycles. The molecule has 0 bridgehead atoms. The van der Waals surface area contributed by atoms with Crippen LogP contribution >= 0.6 is 0 Å². The summed E-state index contributed by atoms with van der Waals surface area (Å²) in [7, 11) is -4.55. The zero-order chi connectivity index (χ0) is 37.9. The Bertz CT molecular complexity index is 1240. The number of hydrogen-bond acceptors (Lipinski definition) is 10. The summed E-state index contributed by atoms with van der Waals surface area (Å²) in [6, 6.07) is 0. The summed E-state index contributed by atoms with van der Waals surface area (Å²) >= 11 is 0. The summed E-state index contributed by atoms with van der Waals surface area (Å²) in [6.45, 7) is 25.3. The van der Waals surface area contributed by atoms with Crippen molar-refractivity contribution < 1.29 is 47.0 Å². The van der Waals surface area contributed by atoms with Gasteiger partial charge in [0, 0.05) is 11.1 Å². The molecule has 0 spiro atoms. The van der Waals surface area contributed by atoms with E-state index in [-0.39, 0.29) is 47.3 Å². The molecule has 0 aromatic heterocycles. The third-order valence-corrected chi connectivity index (χ3v) is 18.6. The minimum atomic E-state index is -2.27. The molecule has 0 saturated carbocycles. The molecule has 2 aliphatic heterocycles. The maximum atomic E-state index is 12.9. The van der Waals surface area contributed by atoms with Crippen LogP contribution < -0.4 is 0 Å². The predicted molar refractivity (Wildman–Crippen MR) is 199 cm³/mol. The molecule has 2 aliphatic rings. The Hall–Kier alpha value is -2.81. The van der Waals surface area contributed by atoms with E-state index in [9.17, 15) is 19.2 Å². The van der Waals surface area contributed by atoms with Crippen LogP contribution in [0, 0.1) is 0 Å². The molecule has 0 aliphatic carbocycles. The maximum Gasteiger partial charge on any atom is 0.337 e. The molecule has 2 rings (SSSR count). The lowest BCUT2D eigenvalue weighted by Crippen LogP contribution is -2.44. The standard InChI is InChI=1S/C38H62O10Si2/c1-13-15-17-21-27-29(33(41)45-35(27)47-49(9,10)37(3,4)5)25-31(39)43-23-19-20-24-44-32(40)26-30-28(22-18-16-14-2)36(46-34(30)42)48-50(11,12)38(6,7)8/h17-18,21-22,35-36H,13-16,19-20,23-26H2,1-12H3/b21-17+,22-18+. The normalized spacial score (nSPS) is 19.2. The van der Waals surface area contributed by atoms with Gasteiger partial charge in [-0.3, -0.25) is 9.59 Å². The van der Waals surface area contributed by atoms with Gasteiger partial charge < -0.3 is 27.8 Å². The van der Waals surface area contributed by atoms with Gasteiger partial charge in [0.1, 0.15) is 0 Å². The van der Waals surface area contributed by atoms with Gasteiger partial charge in [-0.1, -0.05) is 92.5 Å². The van der Waals surface area contributed by atoms with E-state index >= 15 is 0 Å². The van der Waals surface area contributed by atoms with Gasteiger partial charge in [0.2, 0.25) is 12.6 Å². The molecule has 2 heterocycles. The molecule has 12 heteroatoms. The van der Waals surface area contributed by atoms with E-state index in [1.807, 2.05) is 24.3 Å². The van der Waals surface area contributed by atoms with Crippen LogP contribution in [0.25, 0.3) is 0 Å². The van der Waals surface area contributed by atoms with Crippen LogP contribution in [0.5, 0.6) is 0 Å². The number of hydrogen-bond donors (Lipinski definition) is 0. The fourth-order valence-corrected chi connectivity index (χ4v) is 6.60. The van der Waals surface area contributed by atoms with Crippen LogP contribution in [-0.4, -0.2) is 66.3 Å². The number of carbonyl (C=O) groups is 4. The fraction of sp³-hybridized carbons (Fsp3) is 0.684. The first-order valence-electron chi connectivity index (χ1n) is 18.0. The largest absolute Gasteiger partial charge is 0.465 e. The summed E-state index contributed by atoms with van der Waals surface area (Å²) in [4.78, 5) is 51.2. The Morgan fingerprint density at radius 3 is 1.30 bits per heavy atom. The van der Waals surface area contributed by atoms with Crippen molar-refractivity contribution in [3.63, 3.8) is 0 Å². The van der Waals surface area contributed by atoms with Crippen molar-refractivity contribution in [1.82, 2.24) is 0 Å². The van der Waals surface area contributed by atoms with Gasteiger partial charge in [0.25, 0.3) is 0 Å². The quantitative estimate of drug-likeness (QED) is 0.0551. The number of unbranched alkanes of at least 4 members (excludes halogenated alkanes) is 3. The van der Waals surface area contributed by atoms with Crippen LogP contribution in [0.2, 0.25) is 36.3 Å². The van der Waals surface area contributed by atoms with Gasteiger partial charge in [0.05, 0.1) is 37.2 Å². The summed E-state index contributed by atoms with van der Waals surface area (Å²) in [5.41, 5.74) is 1.64. The van der Waals surface area contributed by atoms with Crippen molar-refractivity contribution in [3.8, 4) is 0 Å². The molecule has 282 valence electrons. The summed E-state index contributed by atoms with van der Waals surface area (Å²) < 4.78 is 34.8. The zero-order valence-electron chi connectivity index (χ0n) is 32.6. The second-order valence-electron chi connectivity index (χ2n) is 16.0. The van der Waals surface area contributed by atoms with E-state index in [4.69, 9.17) is 27.8 Å². The zero-order valence-corrected chi connectivity index (χ0v) is 34.6. The highest BCUT2D eigenvalue weighted by Crippen LogP contribution is 2.41. The van der Waals surface area contributed by atoms with Crippen molar-refractivity contribution in [2.45, 2.75) is 156 Å². The smallest absolute Gasteiger partial charge is 0.337 e. The van der Waals surface area contributed by atoms with E-state index in [1.165, 1.54) is 0 Å². The molecular formula is C38H62O10Si2. The van der Waals surface area contributed by atoms with Crippen LogP contribution in [0.15, 0.2) is 46.6 Å². The Morgan fingerprint density at radius 2 is 1.00 bits per heavy atom. The SMILES string of the molecule is CCC/C=C/C1=C(CC(=O)OCCCCOC(=O)CC2=C(/C=C/CCC)C(O[Si](C)(C)C(C)(C)C)OC2=O)C(=O)OC1O[Si](C)(C)C(C)(C)C. The Balaban J connectivity index is 1.95. The van der Waals surface area contributed by atoms with E-state index < -0.39 is 53.1 Å². The third-order valence-electron chi connectivity index (χ3n) is 9.75. The highest BCUT2D eigenvalue weighted by Gasteiger charge is 2.45. The van der Waals surface area contributed by atoms with Crippen molar-refractivity contribution >= 4 is 40.5 Å². The first-order chi connectivity index (χ1) is 23.1. The van der Waals surface area contributed by atoms with E-state index in [1.54, 1.807) is 0 Å². The molecule has 10 nitrogen and oxygen atoms in total. The van der Waals surface area contributed by atoms with Gasteiger partial charge in [-0.25, -0.2) is 9.59 Å². The van der Waals surface area contributed by atoms with Crippen molar-refractivity contribution in [2.75, 3.05) is 13.2 Å². The average molecular weight is 735 g/mol. The molecule has 0 aromatic rings. The van der Waals surface area contributed by atoms with E-state index in [0.29, 0.717) is 24.0 Å². The van der Waals surface area contributed by atoms with Gasteiger partial charge in [-0.15, -0.1) is 0 Å². The Morgan fingerprint density at radius 1 is 0.660 bits per heavy atom. The van der Waals surface area contributed by atoms with Crippen molar-refractivity contribution in [1.29, 1.82) is 0 Å². The Kier molecular flexibility index (Phi) is 16.1. The van der Waals surface area contributed by atoms with Crippen LogP contribution in [0.1, 0.15) is 107 Å². The second-order valence-corrected chi connectivity index (χ2v) is 25.5. The second kappa shape index (κ2) is 18.6. The van der Waals surface area contributed by atoms with Crippen molar-refractivity contribution in [3.05, 3.63) is 46.6 Å². The molecule has 0 amide bonds. The van der Waals surface area contributed by atoms with Crippen molar-refractivity contribution in [2.24, 2.45) is 0 Å². The predicted octanol–water partition coefficient (Wildman–Crippen LogP) is 8.75. The molecular weight excluding hydrogens is 673 g/mol. The summed E-state index contributed by atoms with van der Waals surface area (Å²) in [6.07, 6.45) is 9.83. The first kappa shape index (κ1) is 43.4. The van der Waals surface area contributed by atoms with Crippen LogP contribution in [-0.2, 0) is 47.0 Å². The lowest BCUT2D eigenvalue weighted by molar-refractivity contribution is -0.152. The number of cyclic esters (lactones) is 2. The van der Waals surface area contributed by atoms with E-state index in [2.05, 4.69) is 81.6 Å². The Labute approximate surface area is 302 Å². The molecule has 2 atom stereocenters. The van der Waals surface area contributed by atoms with Crippen LogP contribution in [0.3, 0.4) is 0 Å². The lowest BCUT2D eigenvalue weighted by Gasteiger charge is -2.38. The molecule has 0 fully saturated rings. The molecule has 0 N–H and O–H groups in total. The number of allylic oxidation sites excluding steroid dienone is 2. The first-order valence-corrected chi connectivity index (χ1v) is 23.8. The molecule has 50 heavy (non-hydrogen) atoms. The average Bonchev–Trinajstić information content (AvgIpc) is 3.42. The highest BCUT2D eigenvalue weighted by atomic mass is 28.4. The monoisotopic (exact) mass is 734 g/mol. The van der Waals surface area contributed by atoms with E-state index in [0.717, 1.165) is 25.7 Å². The molecule has 2 unspecified atom stereocenters. The molecule has 0 saturated heterocycles. The number of esters is 4. The maximum absolute atomic E-state index is 12.9. The number of carbonyl (C=O) groups excluding carboxylic acids is 4. The van der Waals surface area contributed by atoms with Gasteiger partial charge >= 0.3 is 23.9 Å². The summed E-state index contributed by atoms with van der Waals surface area (Å²) in [5, 5.41) is -0.186. The summed E-state index contributed by atoms with van der Waals surface area (Å²) in [5.74, 6) is -2.24. The van der Waals surface area contributed by atoms with Crippen LogP contribution in [0.4, 0.5) is 0 Å². The van der Waals surface area contributed by atoms with Gasteiger partial charge in [0.15, 0.2) is 16.6 Å².